The molecule has 2 amide bonds. The summed E-state index contributed by atoms with van der Waals surface area (Å²) >= 11 is 5.97. The Morgan fingerprint density at radius 3 is 2.64 bits per heavy atom. The number of carbonyl (C=O) groups excluding carboxylic acids is 2. The minimum atomic E-state index is -0.674. The van der Waals surface area contributed by atoms with Crippen molar-refractivity contribution in [2.24, 2.45) is 0 Å². The number of aromatic nitrogens is 2. The SMILES string of the molecule is CCCNC(=O)[C@@H](C)NC(=O)c1cc(-c2ccco2)n(-c2ccc(Cl)cc2)n1. The Kier molecular flexibility index (Phi) is 6.16. The van der Waals surface area contributed by atoms with E-state index in [9.17, 15) is 9.59 Å². The molecule has 0 spiro atoms. The maximum Gasteiger partial charge on any atom is 0.272 e. The maximum atomic E-state index is 12.6. The van der Waals surface area contributed by atoms with Crippen molar-refractivity contribution < 1.29 is 14.0 Å². The topological polar surface area (TPSA) is 89.2 Å². The summed E-state index contributed by atoms with van der Waals surface area (Å²) in [5.41, 5.74) is 1.51. The third kappa shape index (κ3) is 4.43. The highest BCUT2D eigenvalue weighted by molar-refractivity contribution is 6.30. The van der Waals surface area contributed by atoms with Crippen LogP contribution >= 0.6 is 11.6 Å². The van der Waals surface area contributed by atoms with E-state index >= 15 is 0 Å². The Morgan fingerprint density at radius 1 is 1.25 bits per heavy atom. The largest absolute Gasteiger partial charge is 0.463 e. The van der Waals surface area contributed by atoms with Gasteiger partial charge in [-0.2, -0.15) is 5.10 Å². The Morgan fingerprint density at radius 2 is 2.00 bits per heavy atom. The number of furan rings is 1. The molecule has 0 unspecified atom stereocenters. The Balaban J connectivity index is 1.88. The lowest BCUT2D eigenvalue weighted by atomic mass is 10.2. The van der Waals surface area contributed by atoms with E-state index in [1.54, 1.807) is 60.3 Å². The highest BCUT2D eigenvalue weighted by atomic mass is 35.5. The molecule has 3 rings (SSSR count). The van der Waals surface area contributed by atoms with Gasteiger partial charge in [0, 0.05) is 17.6 Å². The standard InChI is InChI=1S/C20H21ClN4O3/c1-3-10-22-19(26)13(2)23-20(27)16-12-17(18-5-4-11-28-18)25(24-16)15-8-6-14(21)7-9-15/h4-9,11-13H,3,10H2,1-2H3,(H,22,26)(H,23,27)/t13-/m1/s1. The van der Waals surface area contributed by atoms with Crippen molar-refractivity contribution in [2.75, 3.05) is 6.54 Å². The number of hydrogen-bond acceptors (Lipinski definition) is 4. The normalized spacial score (nSPS) is 11.8. The molecule has 0 saturated carbocycles. The van der Waals surface area contributed by atoms with Gasteiger partial charge in [-0.15, -0.1) is 0 Å². The summed E-state index contributed by atoms with van der Waals surface area (Å²) in [6.45, 7) is 4.16. The van der Waals surface area contributed by atoms with Crippen LogP contribution in [0.5, 0.6) is 0 Å². The van der Waals surface area contributed by atoms with E-state index in [0.717, 1.165) is 12.1 Å². The van der Waals surface area contributed by atoms with E-state index in [1.165, 1.54) is 0 Å². The first kappa shape index (κ1) is 19.7. The smallest absolute Gasteiger partial charge is 0.272 e. The van der Waals surface area contributed by atoms with Gasteiger partial charge in [0.25, 0.3) is 5.91 Å². The van der Waals surface area contributed by atoms with Crippen molar-refractivity contribution in [2.45, 2.75) is 26.3 Å². The van der Waals surface area contributed by atoms with Gasteiger partial charge in [-0.25, -0.2) is 4.68 Å². The number of hydrogen-bond donors (Lipinski definition) is 2. The minimum absolute atomic E-state index is 0.177. The molecule has 2 N–H and O–H groups in total. The van der Waals surface area contributed by atoms with Gasteiger partial charge in [0.2, 0.25) is 5.91 Å². The number of amides is 2. The Labute approximate surface area is 167 Å². The number of nitrogens with zero attached hydrogens (tertiary/aromatic N) is 2. The molecule has 28 heavy (non-hydrogen) atoms. The summed E-state index contributed by atoms with van der Waals surface area (Å²) in [5, 5.41) is 10.4. The fraction of sp³-hybridized carbons (Fsp3) is 0.250. The van der Waals surface area contributed by atoms with Gasteiger partial charge in [-0.3, -0.25) is 9.59 Å². The lowest BCUT2D eigenvalue weighted by Crippen LogP contribution is -2.45. The zero-order valence-electron chi connectivity index (χ0n) is 15.6. The molecular weight excluding hydrogens is 380 g/mol. The maximum absolute atomic E-state index is 12.6. The predicted octanol–water partition coefficient (Wildman–Crippen LogP) is 3.43. The van der Waals surface area contributed by atoms with Crippen LogP contribution in [0.1, 0.15) is 30.8 Å². The van der Waals surface area contributed by atoms with E-state index in [0.29, 0.717) is 23.0 Å². The molecule has 0 fully saturated rings. The molecule has 0 aliphatic carbocycles. The van der Waals surface area contributed by atoms with Crippen LogP contribution < -0.4 is 10.6 Å². The summed E-state index contributed by atoms with van der Waals surface area (Å²) in [6.07, 6.45) is 2.37. The average molecular weight is 401 g/mol. The van der Waals surface area contributed by atoms with E-state index in [-0.39, 0.29) is 11.6 Å². The molecule has 2 aromatic heterocycles. The fourth-order valence-electron chi connectivity index (χ4n) is 2.61. The molecule has 7 nitrogen and oxygen atoms in total. The van der Waals surface area contributed by atoms with Crippen LogP contribution in [0.25, 0.3) is 17.1 Å². The van der Waals surface area contributed by atoms with Crippen LogP contribution in [-0.2, 0) is 4.79 Å². The van der Waals surface area contributed by atoms with Crippen molar-refractivity contribution >= 4 is 23.4 Å². The first-order valence-corrected chi connectivity index (χ1v) is 9.36. The van der Waals surface area contributed by atoms with Gasteiger partial charge < -0.3 is 15.1 Å². The molecule has 0 aliphatic heterocycles. The quantitative estimate of drug-likeness (QED) is 0.635. The average Bonchev–Trinajstić information content (AvgIpc) is 3.36. The first-order valence-electron chi connectivity index (χ1n) is 8.98. The lowest BCUT2D eigenvalue weighted by molar-refractivity contribution is -0.122. The van der Waals surface area contributed by atoms with Gasteiger partial charge in [-0.05, 0) is 49.7 Å². The summed E-state index contributed by atoms with van der Waals surface area (Å²) < 4.78 is 7.08. The highest BCUT2D eigenvalue weighted by Gasteiger charge is 2.21. The van der Waals surface area contributed by atoms with Crippen LogP contribution in [0, 0.1) is 0 Å². The lowest BCUT2D eigenvalue weighted by Gasteiger charge is -2.12. The van der Waals surface area contributed by atoms with Gasteiger partial charge in [0.1, 0.15) is 11.7 Å². The van der Waals surface area contributed by atoms with Crippen molar-refractivity contribution in [3.8, 4) is 17.1 Å². The van der Waals surface area contributed by atoms with E-state index in [2.05, 4.69) is 15.7 Å². The predicted molar refractivity (Wildman–Crippen MR) is 107 cm³/mol. The molecule has 1 atom stereocenters. The van der Waals surface area contributed by atoms with Crippen LogP contribution in [0.15, 0.2) is 53.1 Å². The molecule has 0 radical (unpaired) electrons. The zero-order chi connectivity index (χ0) is 20.1. The third-order valence-corrected chi connectivity index (χ3v) is 4.33. The number of carbonyl (C=O) groups is 2. The van der Waals surface area contributed by atoms with Crippen LogP contribution in [0.2, 0.25) is 5.02 Å². The van der Waals surface area contributed by atoms with Crippen molar-refractivity contribution in [3.05, 3.63) is 59.4 Å². The molecule has 0 saturated heterocycles. The zero-order valence-corrected chi connectivity index (χ0v) is 16.4. The monoisotopic (exact) mass is 400 g/mol. The number of benzene rings is 1. The number of nitrogens with one attached hydrogen (secondary N) is 2. The van der Waals surface area contributed by atoms with Gasteiger partial charge in [-0.1, -0.05) is 18.5 Å². The van der Waals surface area contributed by atoms with Gasteiger partial charge in [0.15, 0.2) is 11.5 Å². The molecule has 1 aromatic carbocycles. The van der Waals surface area contributed by atoms with Crippen molar-refractivity contribution in [3.63, 3.8) is 0 Å². The van der Waals surface area contributed by atoms with E-state index < -0.39 is 11.9 Å². The third-order valence-electron chi connectivity index (χ3n) is 4.08. The Hall–Kier alpha value is -3.06. The number of rotatable bonds is 7. The van der Waals surface area contributed by atoms with Crippen LogP contribution in [0.4, 0.5) is 0 Å². The summed E-state index contributed by atoms with van der Waals surface area (Å²) in [7, 11) is 0. The van der Waals surface area contributed by atoms with Gasteiger partial charge in [0.05, 0.1) is 12.0 Å². The van der Waals surface area contributed by atoms with Crippen molar-refractivity contribution in [1.29, 1.82) is 0 Å². The molecular formula is C20H21ClN4O3. The highest BCUT2D eigenvalue weighted by Crippen LogP contribution is 2.25. The molecule has 2 heterocycles. The van der Waals surface area contributed by atoms with E-state index in [1.807, 2.05) is 6.92 Å². The molecule has 0 bridgehead atoms. The molecule has 3 aromatic rings. The number of halogens is 1. The first-order chi connectivity index (χ1) is 13.5. The Bertz CT molecular complexity index is 949. The second-order valence-electron chi connectivity index (χ2n) is 6.27. The van der Waals surface area contributed by atoms with E-state index in [4.69, 9.17) is 16.0 Å². The molecule has 0 aliphatic rings. The second-order valence-corrected chi connectivity index (χ2v) is 6.70. The second kappa shape index (κ2) is 8.75. The van der Waals surface area contributed by atoms with Gasteiger partial charge >= 0.3 is 0 Å². The van der Waals surface area contributed by atoms with Crippen LogP contribution in [-0.4, -0.2) is 34.2 Å². The summed E-state index contributed by atoms with van der Waals surface area (Å²) in [5.74, 6) is -0.117. The fourth-order valence-corrected chi connectivity index (χ4v) is 2.73. The summed E-state index contributed by atoms with van der Waals surface area (Å²) in [4.78, 5) is 24.6. The molecule has 8 heteroatoms. The van der Waals surface area contributed by atoms with Crippen molar-refractivity contribution in [1.82, 2.24) is 20.4 Å². The minimum Gasteiger partial charge on any atom is -0.463 e. The van der Waals surface area contributed by atoms with Crippen LogP contribution in [0.3, 0.4) is 0 Å². The summed E-state index contributed by atoms with van der Waals surface area (Å²) in [6, 6.07) is 11.6. The molecule has 146 valence electrons.